The molecule has 0 aromatic rings. The van der Waals surface area contributed by atoms with Gasteiger partial charge in [-0.05, 0) is 25.7 Å². The molecule has 16 heavy (non-hydrogen) atoms. The van der Waals surface area contributed by atoms with Crippen molar-refractivity contribution < 1.29 is 9.90 Å². The van der Waals surface area contributed by atoms with Gasteiger partial charge >= 0.3 is 0 Å². The van der Waals surface area contributed by atoms with Gasteiger partial charge in [-0.25, -0.2) is 0 Å². The van der Waals surface area contributed by atoms with Crippen LogP contribution in [0.4, 0.5) is 0 Å². The lowest BCUT2D eigenvalue weighted by molar-refractivity contribution is -0.124. The van der Waals surface area contributed by atoms with Crippen LogP contribution >= 0.6 is 0 Å². The third-order valence-corrected chi connectivity index (χ3v) is 3.84. The fourth-order valence-electron chi connectivity index (χ4n) is 2.74. The van der Waals surface area contributed by atoms with Crippen LogP contribution in [0.15, 0.2) is 0 Å². The van der Waals surface area contributed by atoms with Crippen LogP contribution < -0.4 is 11.1 Å². The number of rotatable bonds is 3. The topological polar surface area (TPSA) is 75.4 Å². The van der Waals surface area contributed by atoms with Crippen molar-refractivity contribution in [3.8, 4) is 0 Å². The fourth-order valence-corrected chi connectivity index (χ4v) is 2.74. The highest BCUT2D eigenvalue weighted by molar-refractivity contribution is 5.77. The molecule has 2 saturated carbocycles. The molecular formula is C12H22N2O2. The maximum atomic E-state index is 11.8. The van der Waals surface area contributed by atoms with Gasteiger partial charge in [-0.3, -0.25) is 4.79 Å². The lowest BCUT2D eigenvalue weighted by Crippen LogP contribution is -2.51. The van der Waals surface area contributed by atoms with E-state index in [0.29, 0.717) is 19.3 Å². The van der Waals surface area contributed by atoms with Gasteiger partial charge < -0.3 is 16.2 Å². The first-order valence-electron chi connectivity index (χ1n) is 6.34. The fraction of sp³-hybridized carbons (Fsp3) is 0.917. The Morgan fingerprint density at radius 1 is 1.31 bits per heavy atom. The van der Waals surface area contributed by atoms with Gasteiger partial charge in [0.05, 0.1) is 6.10 Å². The summed E-state index contributed by atoms with van der Waals surface area (Å²) >= 11 is 0. The smallest absolute Gasteiger partial charge is 0.222 e. The Kier molecular flexibility index (Phi) is 3.50. The summed E-state index contributed by atoms with van der Waals surface area (Å²) in [5.74, 6) is 0.0568. The van der Waals surface area contributed by atoms with Crippen molar-refractivity contribution in [3.05, 3.63) is 0 Å². The van der Waals surface area contributed by atoms with Crippen molar-refractivity contribution >= 4 is 5.91 Å². The van der Waals surface area contributed by atoms with E-state index in [4.69, 9.17) is 10.8 Å². The number of carbonyl (C=O) groups is 1. The van der Waals surface area contributed by atoms with E-state index in [1.54, 1.807) is 0 Å². The normalized spacial score (nSPS) is 32.9. The standard InChI is InChI=1S/C12H22N2O2/c13-12(4-2-1-3-5-12)8-11(16)14-9-6-10(15)7-9/h9-10,15H,1-8,13H2,(H,14,16). The third kappa shape index (κ3) is 2.95. The van der Waals surface area contributed by atoms with Crippen LogP contribution in [0.5, 0.6) is 0 Å². The average Bonchev–Trinajstić information content (AvgIpc) is 2.15. The number of nitrogens with two attached hydrogens (primary N) is 1. The molecule has 0 spiro atoms. The van der Waals surface area contributed by atoms with Crippen molar-refractivity contribution in [2.24, 2.45) is 5.73 Å². The van der Waals surface area contributed by atoms with Gasteiger partial charge in [0.1, 0.15) is 0 Å². The van der Waals surface area contributed by atoms with E-state index in [0.717, 1.165) is 25.7 Å². The monoisotopic (exact) mass is 226 g/mol. The number of carbonyl (C=O) groups excluding carboxylic acids is 1. The molecule has 2 fully saturated rings. The van der Waals surface area contributed by atoms with Crippen LogP contribution in [0.3, 0.4) is 0 Å². The number of aliphatic hydroxyl groups excluding tert-OH is 1. The summed E-state index contributed by atoms with van der Waals surface area (Å²) in [7, 11) is 0. The first-order chi connectivity index (χ1) is 7.57. The molecule has 4 N–H and O–H groups in total. The Balaban J connectivity index is 1.73. The molecule has 0 bridgehead atoms. The molecule has 0 unspecified atom stereocenters. The van der Waals surface area contributed by atoms with Gasteiger partial charge in [-0.2, -0.15) is 0 Å². The third-order valence-electron chi connectivity index (χ3n) is 3.84. The maximum Gasteiger partial charge on any atom is 0.222 e. The largest absolute Gasteiger partial charge is 0.393 e. The molecule has 2 aliphatic carbocycles. The maximum absolute atomic E-state index is 11.8. The van der Waals surface area contributed by atoms with Crippen molar-refractivity contribution in [2.75, 3.05) is 0 Å². The van der Waals surface area contributed by atoms with E-state index < -0.39 is 0 Å². The summed E-state index contributed by atoms with van der Waals surface area (Å²) in [5.41, 5.74) is 5.94. The minimum absolute atomic E-state index is 0.0568. The SMILES string of the molecule is NC1(CC(=O)NC2CC(O)C2)CCCCC1. The molecule has 0 radical (unpaired) electrons. The van der Waals surface area contributed by atoms with Gasteiger partial charge in [-0.1, -0.05) is 19.3 Å². The van der Waals surface area contributed by atoms with Crippen LogP contribution in [-0.2, 0) is 4.79 Å². The van der Waals surface area contributed by atoms with Gasteiger partial charge in [0.2, 0.25) is 5.91 Å². The van der Waals surface area contributed by atoms with Gasteiger partial charge in [0.15, 0.2) is 0 Å². The number of hydrogen-bond donors (Lipinski definition) is 3. The molecule has 2 rings (SSSR count). The zero-order valence-corrected chi connectivity index (χ0v) is 9.74. The molecule has 92 valence electrons. The summed E-state index contributed by atoms with van der Waals surface area (Å²) in [4.78, 5) is 11.8. The Morgan fingerprint density at radius 3 is 2.50 bits per heavy atom. The summed E-state index contributed by atoms with van der Waals surface area (Å²) < 4.78 is 0. The Hall–Kier alpha value is -0.610. The molecule has 4 nitrogen and oxygen atoms in total. The highest BCUT2D eigenvalue weighted by atomic mass is 16.3. The van der Waals surface area contributed by atoms with Crippen molar-refractivity contribution in [2.45, 2.75) is 69.1 Å². The molecule has 1 amide bonds. The van der Waals surface area contributed by atoms with Gasteiger partial charge in [0.25, 0.3) is 0 Å². The van der Waals surface area contributed by atoms with Crippen molar-refractivity contribution in [1.82, 2.24) is 5.32 Å². The molecule has 0 aromatic carbocycles. The number of aliphatic hydroxyl groups is 1. The lowest BCUT2D eigenvalue weighted by Gasteiger charge is -2.35. The van der Waals surface area contributed by atoms with Crippen LogP contribution in [0.1, 0.15) is 51.4 Å². The molecule has 0 aliphatic heterocycles. The lowest BCUT2D eigenvalue weighted by atomic mass is 9.79. The van der Waals surface area contributed by atoms with E-state index in [1.807, 2.05) is 0 Å². The Morgan fingerprint density at radius 2 is 1.94 bits per heavy atom. The van der Waals surface area contributed by atoms with Gasteiger partial charge in [-0.15, -0.1) is 0 Å². The van der Waals surface area contributed by atoms with E-state index in [2.05, 4.69) is 5.32 Å². The number of amides is 1. The van der Waals surface area contributed by atoms with E-state index in [9.17, 15) is 4.79 Å². The molecule has 0 saturated heterocycles. The van der Waals surface area contributed by atoms with Gasteiger partial charge in [0, 0.05) is 18.0 Å². The first-order valence-corrected chi connectivity index (χ1v) is 6.34. The summed E-state index contributed by atoms with van der Waals surface area (Å²) in [6.07, 6.45) is 7.09. The number of nitrogens with one attached hydrogen (secondary N) is 1. The van der Waals surface area contributed by atoms with Crippen LogP contribution in [0, 0.1) is 0 Å². The molecule has 0 atom stereocenters. The first kappa shape index (κ1) is 11.9. The molecule has 4 heteroatoms. The molecular weight excluding hydrogens is 204 g/mol. The molecule has 0 heterocycles. The average molecular weight is 226 g/mol. The minimum atomic E-state index is -0.273. The quantitative estimate of drug-likeness (QED) is 0.662. The van der Waals surface area contributed by atoms with E-state index in [1.165, 1.54) is 6.42 Å². The van der Waals surface area contributed by atoms with Crippen molar-refractivity contribution in [1.29, 1.82) is 0 Å². The zero-order valence-electron chi connectivity index (χ0n) is 9.74. The second-order valence-corrected chi connectivity index (χ2v) is 5.49. The Bertz CT molecular complexity index is 256. The predicted octanol–water partition coefficient (Wildman–Crippen LogP) is 0.678. The molecule has 0 aromatic heterocycles. The summed E-state index contributed by atoms with van der Waals surface area (Å²) in [6.45, 7) is 0. The summed E-state index contributed by atoms with van der Waals surface area (Å²) in [6, 6.07) is 0.176. The molecule has 2 aliphatic rings. The highest BCUT2D eigenvalue weighted by Crippen LogP contribution is 2.29. The predicted molar refractivity (Wildman–Crippen MR) is 61.8 cm³/mol. The summed E-state index contributed by atoms with van der Waals surface area (Å²) in [5, 5.41) is 12.1. The highest BCUT2D eigenvalue weighted by Gasteiger charge is 2.33. The second-order valence-electron chi connectivity index (χ2n) is 5.49. The van der Waals surface area contributed by atoms with Crippen LogP contribution in [-0.4, -0.2) is 28.7 Å². The second kappa shape index (κ2) is 4.72. The zero-order chi connectivity index (χ0) is 11.6. The minimum Gasteiger partial charge on any atom is -0.393 e. The van der Waals surface area contributed by atoms with E-state index in [-0.39, 0.29) is 23.6 Å². The number of hydrogen-bond acceptors (Lipinski definition) is 3. The van der Waals surface area contributed by atoms with E-state index >= 15 is 0 Å². The van der Waals surface area contributed by atoms with Crippen molar-refractivity contribution in [3.63, 3.8) is 0 Å². The van der Waals surface area contributed by atoms with Crippen LogP contribution in [0.25, 0.3) is 0 Å². The Labute approximate surface area is 96.6 Å². The van der Waals surface area contributed by atoms with Crippen LogP contribution in [0.2, 0.25) is 0 Å².